The summed E-state index contributed by atoms with van der Waals surface area (Å²) in [5.41, 5.74) is 2.70. The van der Waals surface area contributed by atoms with E-state index in [4.69, 9.17) is 14.2 Å². The lowest BCUT2D eigenvalue weighted by atomic mass is 9.85. The Labute approximate surface area is 213 Å². The van der Waals surface area contributed by atoms with Gasteiger partial charge in [-0.05, 0) is 31.4 Å². The summed E-state index contributed by atoms with van der Waals surface area (Å²) in [5, 5.41) is 6.84. The standard InChI is InChI=1S/C26H39N7O3/c1-17(2)15-33(19-10-18(11-27-12-19)26(6)30-16-36-32-26)23(34)21-14-29-24(25(3,4)5)31-22(21)28-13-20-8-7-9-35-20/h7-9,14,16-19,27,32H,10-13,15H2,1-6H3,(H,28,29,31). The minimum Gasteiger partial charge on any atom is -0.467 e. The molecule has 2 aromatic heterocycles. The van der Waals surface area contributed by atoms with Gasteiger partial charge in [0.1, 0.15) is 28.6 Å². The molecular weight excluding hydrogens is 458 g/mol. The van der Waals surface area contributed by atoms with Crippen LogP contribution in [-0.4, -0.2) is 58.5 Å². The second-order valence-electron chi connectivity index (χ2n) is 11.3. The number of carbonyl (C=O) groups excluding carboxylic acids is 1. The van der Waals surface area contributed by atoms with Crippen LogP contribution in [0.1, 0.15) is 69.9 Å². The van der Waals surface area contributed by atoms with Crippen molar-refractivity contribution < 1.29 is 14.0 Å². The minimum atomic E-state index is -0.522. The van der Waals surface area contributed by atoms with Crippen LogP contribution in [0, 0.1) is 11.8 Å². The first kappa shape index (κ1) is 26.1. The molecule has 1 amide bonds. The second-order valence-corrected chi connectivity index (χ2v) is 11.3. The third kappa shape index (κ3) is 5.87. The topological polar surface area (TPSA) is 117 Å². The molecule has 1 fully saturated rings. The maximum absolute atomic E-state index is 14.1. The van der Waals surface area contributed by atoms with Gasteiger partial charge in [-0.25, -0.2) is 15.0 Å². The summed E-state index contributed by atoms with van der Waals surface area (Å²) < 4.78 is 5.48. The number of aliphatic imine (C=N–C) groups is 1. The van der Waals surface area contributed by atoms with Crippen molar-refractivity contribution in [2.24, 2.45) is 16.8 Å². The smallest absolute Gasteiger partial charge is 0.259 e. The van der Waals surface area contributed by atoms with Crippen LogP contribution in [0.15, 0.2) is 34.0 Å². The fourth-order valence-corrected chi connectivity index (χ4v) is 4.65. The summed E-state index contributed by atoms with van der Waals surface area (Å²) in [5.74, 6) is 2.34. The Kier molecular flexibility index (Phi) is 7.65. The zero-order chi connectivity index (χ0) is 25.9. The lowest BCUT2D eigenvalue weighted by Crippen LogP contribution is -2.58. The van der Waals surface area contributed by atoms with Gasteiger partial charge >= 0.3 is 0 Å². The molecule has 0 radical (unpaired) electrons. The number of hydrogen-bond donors (Lipinski definition) is 3. The van der Waals surface area contributed by atoms with Crippen molar-refractivity contribution in [1.82, 2.24) is 25.7 Å². The number of furan rings is 1. The average Bonchev–Trinajstić information content (AvgIpc) is 3.52. The van der Waals surface area contributed by atoms with Crippen LogP contribution in [0.4, 0.5) is 5.82 Å². The van der Waals surface area contributed by atoms with E-state index < -0.39 is 5.66 Å². The molecule has 0 bridgehead atoms. The lowest BCUT2D eigenvalue weighted by Gasteiger charge is -2.42. The van der Waals surface area contributed by atoms with Crippen LogP contribution in [0.3, 0.4) is 0 Å². The molecule has 0 aromatic carbocycles. The van der Waals surface area contributed by atoms with E-state index in [9.17, 15) is 4.79 Å². The summed E-state index contributed by atoms with van der Waals surface area (Å²) in [7, 11) is 0. The Morgan fingerprint density at radius 2 is 2.14 bits per heavy atom. The minimum absolute atomic E-state index is 0.00621. The SMILES string of the molecule is CC(C)CN(C(=O)c1cnc(C(C)(C)C)nc1NCc1ccco1)C1CNCC(C2(C)N=CON2)C1. The van der Waals surface area contributed by atoms with Crippen LogP contribution in [0.5, 0.6) is 0 Å². The predicted molar refractivity (Wildman–Crippen MR) is 139 cm³/mol. The van der Waals surface area contributed by atoms with E-state index in [1.807, 2.05) is 24.0 Å². The Bertz CT molecular complexity index is 1060. The van der Waals surface area contributed by atoms with E-state index in [-0.39, 0.29) is 23.3 Å². The number of anilines is 1. The zero-order valence-electron chi connectivity index (χ0n) is 22.2. The average molecular weight is 498 g/mol. The normalized spacial score (nSPS) is 24.1. The molecular formula is C26H39N7O3. The molecule has 2 aliphatic heterocycles. The largest absolute Gasteiger partial charge is 0.467 e. The van der Waals surface area contributed by atoms with Gasteiger partial charge in [-0.1, -0.05) is 34.6 Å². The number of hydrogen-bond acceptors (Lipinski definition) is 9. The van der Waals surface area contributed by atoms with E-state index in [0.29, 0.717) is 42.8 Å². The lowest BCUT2D eigenvalue weighted by molar-refractivity contribution is 0.0396. The van der Waals surface area contributed by atoms with Gasteiger partial charge in [-0.3, -0.25) is 4.79 Å². The maximum atomic E-state index is 14.1. The Morgan fingerprint density at radius 1 is 1.33 bits per heavy atom. The molecule has 4 rings (SSSR count). The van der Waals surface area contributed by atoms with E-state index in [0.717, 1.165) is 18.7 Å². The van der Waals surface area contributed by atoms with Crippen molar-refractivity contribution in [3.63, 3.8) is 0 Å². The molecule has 3 N–H and O–H groups in total. The molecule has 196 valence electrons. The van der Waals surface area contributed by atoms with Crippen molar-refractivity contribution in [2.45, 2.75) is 71.6 Å². The van der Waals surface area contributed by atoms with Crippen molar-refractivity contribution in [3.8, 4) is 0 Å². The van der Waals surface area contributed by atoms with Gasteiger partial charge in [-0.2, -0.15) is 0 Å². The molecule has 0 aliphatic carbocycles. The van der Waals surface area contributed by atoms with E-state index in [1.54, 1.807) is 12.5 Å². The fraction of sp³-hybridized carbons (Fsp3) is 0.615. The summed E-state index contributed by atoms with van der Waals surface area (Å²) >= 11 is 0. The monoisotopic (exact) mass is 497 g/mol. The highest BCUT2D eigenvalue weighted by Gasteiger charge is 2.42. The number of nitrogens with one attached hydrogen (secondary N) is 3. The molecule has 2 aromatic rings. The van der Waals surface area contributed by atoms with Crippen LogP contribution < -0.4 is 16.1 Å². The molecule has 3 atom stereocenters. The Morgan fingerprint density at radius 3 is 2.78 bits per heavy atom. The number of aromatic nitrogens is 2. The zero-order valence-corrected chi connectivity index (χ0v) is 22.2. The second kappa shape index (κ2) is 10.6. The maximum Gasteiger partial charge on any atom is 0.259 e. The molecule has 3 unspecified atom stereocenters. The first-order chi connectivity index (χ1) is 17.1. The molecule has 0 spiro atoms. The molecule has 2 aliphatic rings. The number of hydroxylamine groups is 1. The third-order valence-electron chi connectivity index (χ3n) is 6.73. The number of nitrogens with zero attached hydrogens (tertiary/aromatic N) is 4. The number of carbonyl (C=O) groups is 1. The number of amides is 1. The van der Waals surface area contributed by atoms with Crippen LogP contribution in [-0.2, 0) is 16.8 Å². The highest BCUT2D eigenvalue weighted by atomic mass is 16.7. The summed E-state index contributed by atoms with van der Waals surface area (Å²) in [4.78, 5) is 35.2. The van der Waals surface area contributed by atoms with Gasteiger partial charge in [-0.15, -0.1) is 5.48 Å². The van der Waals surface area contributed by atoms with Crippen molar-refractivity contribution in [3.05, 3.63) is 41.7 Å². The molecule has 0 saturated carbocycles. The van der Waals surface area contributed by atoms with Crippen molar-refractivity contribution in [2.75, 3.05) is 25.0 Å². The van der Waals surface area contributed by atoms with E-state index >= 15 is 0 Å². The Balaban J connectivity index is 1.63. The first-order valence-corrected chi connectivity index (χ1v) is 12.7. The molecule has 10 nitrogen and oxygen atoms in total. The van der Waals surface area contributed by atoms with Gasteiger partial charge in [0.25, 0.3) is 5.91 Å². The third-order valence-corrected chi connectivity index (χ3v) is 6.73. The molecule has 4 heterocycles. The van der Waals surface area contributed by atoms with Gasteiger partial charge in [0.2, 0.25) is 0 Å². The number of piperidine rings is 1. The van der Waals surface area contributed by atoms with Gasteiger partial charge in [0.05, 0.1) is 12.8 Å². The molecule has 1 saturated heterocycles. The van der Waals surface area contributed by atoms with Crippen molar-refractivity contribution in [1.29, 1.82) is 0 Å². The highest BCUT2D eigenvalue weighted by Crippen LogP contribution is 2.31. The predicted octanol–water partition coefficient (Wildman–Crippen LogP) is 3.33. The van der Waals surface area contributed by atoms with Crippen molar-refractivity contribution >= 4 is 18.1 Å². The van der Waals surface area contributed by atoms with Gasteiger partial charge in [0, 0.05) is 43.2 Å². The summed E-state index contributed by atoms with van der Waals surface area (Å²) in [6.45, 7) is 15.0. The molecule has 36 heavy (non-hydrogen) atoms. The summed E-state index contributed by atoms with van der Waals surface area (Å²) in [6, 6.07) is 3.73. The summed E-state index contributed by atoms with van der Waals surface area (Å²) in [6.07, 6.45) is 5.55. The van der Waals surface area contributed by atoms with Crippen LogP contribution >= 0.6 is 0 Å². The van der Waals surface area contributed by atoms with Gasteiger partial charge < -0.3 is 24.8 Å². The molecule has 10 heteroatoms. The first-order valence-electron chi connectivity index (χ1n) is 12.7. The Hall–Kier alpha value is -2.98. The van der Waals surface area contributed by atoms with E-state index in [2.05, 4.69) is 60.7 Å². The van der Waals surface area contributed by atoms with Crippen LogP contribution in [0.25, 0.3) is 0 Å². The van der Waals surface area contributed by atoms with Gasteiger partial charge in [0.15, 0.2) is 6.40 Å². The van der Waals surface area contributed by atoms with E-state index in [1.165, 1.54) is 6.40 Å². The number of rotatable bonds is 8. The highest BCUT2D eigenvalue weighted by molar-refractivity contribution is 5.98. The van der Waals surface area contributed by atoms with Crippen LogP contribution in [0.2, 0.25) is 0 Å². The quantitative estimate of drug-likeness (QED) is 0.508. The fourth-order valence-electron chi connectivity index (χ4n) is 4.65.